The third-order valence-corrected chi connectivity index (χ3v) is 8.14. The largest absolute Gasteiger partial charge is 0.456 e. The maximum Gasteiger partial charge on any atom is 0.138 e. The van der Waals surface area contributed by atoms with Gasteiger partial charge >= 0.3 is 0 Å². The first kappa shape index (κ1) is 26.7. The van der Waals surface area contributed by atoms with E-state index in [1.807, 2.05) is 78.9 Å². The summed E-state index contributed by atoms with van der Waals surface area (Å²) in [6.07, 6.45) is 0. The molecule has 3 nitrogen and oxygen atoms in total. The van der Waals surface area contributed by atoms with Crippen LogP contribution in [0.4, 0.5) is 42.9 Å². The number of furan rings is 1. The molecule has 0 spiro atoms. The second kappa shape index (κ2) is 11.0. The molecule has 8 aromatic rings. The van der Waals surface area contributed by atoms with Crippen LogP contribution in [0.2, 0.25) is 0 Å². The van der Waals surface area contributed by atoms with Crippen LogP contribution in [0.25, 0.3) is 32.7 Å². The summed E-state index contributed by atoms with van der Waals surface area (Å²) in [5, 5.41) is 4.12. The molecule has 0 N–H and O–H groups in total. The Morgan fingerprint density at radius 1 is 0.378 bits per heavy atom. The van der Waals surface area contributed by atoms with Crippen molar-refractivity contribution in [2.45, 2.75) is 0 Å². The smallest absolute Gasteiger partial charge is 0.138 e. The molecule has 0 saturated carbocycles. The highest BCUT2D eigenvalue weighted by atomic mass is 19.1. The van der Waals surface area contributed by atoms with Gasteiger partial charge < -0.3 is 14.2 Å². The van der Waals surface area contributed by atoms with Gasteiger partial charge in [0.25, 0.3) is 0 Å². The van der Waals surface area contributed by atoms with Crippen molar-refractivity contribution >= 4 is 66.8 Å². The van der Waals surface area contributed by atoms with Crippen LogP contribution in [0.1, 0.15) is 0 Å². The number of halogens is 2. The lowest BCUT2D eigenvalue weighted by molar-refractivity contribution is 0.627. The SMILES string of the molecule is Fc1ccc(N(c2ccccc2)c2ccc3c(c2)oc2cc(N(c4ccccc4)c4ccc(F)cc4)c4ccccc4c23)cc1. The molecule has 1 heterocycles. The zero-order valence-corrected chi connectivity index (χ0v) is 24.1. The summed E-state index contributed by atoms with van der Waals surface area (Å²) in [6.45, 7) is 0. The van der Waals surface area contributed by atoms with Crippen molar-refractivity contribution in [1.82, 2.24) is 0 Å². The Bertz CT molecular complexity index is 2280. The number of hydrogen-bond acceptors (Lipinski definition) is 3. The van der Waals surface area contributed by atoms with Crippen molar-refractivity contribution in [3.63, 3.8) is 0 Å². The second-order valence-corrected chi connectivity index (χ2v) is 10.9. The maximum atomic E-state index is 14.0. The van der Waals surface area contributed by atoms with Gasteiger partial charge in [-0.05, 0) is 90.3 Å². The van der Waals surface area contributed by atoms with E-state index in [9.17, 15) is 8.78 Å². The number of para-hydroxylation sites is 2. The average Bonchev–Trinajstić information content (AvgIpc) is 3.46. The quantitative estimate of drug-likeness (QED) is 0.193. The van der Waals surface area contributed by atoms with Crippen LogP contribution in [0, 0.1) is 11.6 Å². The first-order valence-electron chi connectivity index (χ1n) is 14.7. The number of nitrogens with zero attached hydrogens (tertiary/aromatic N) is 2. The van der Waals surface area contributed by atoms with Crippen LogP contribution in [0.15, 0.2) is 162 Å². The van der Waals surface area contributed by atoms with Crippen LogP contribution in [-0.2, 0) is 0 Å². The van der Waals surface area contributed by atoms with Crippen molar-refractivity contribution in [3.05, 3.63) is 169 Å². The van der Waals surface area contributed by atoms with Crippen LogP contribution < -0.4 is 9.80 Å². The van der Waals surface area contributed by atoms with E-state index in [1.165, 1.54) is 24.3 Å². The molecule has 0 aliphatic heterocycles. The number of hydrogen-bond donors (Lipinski definition) is 0. The predicted octanol–water partition coefficient (Wildman–Crippen LogP) is 12.0. The first-order valence-corrected chi connectivity index (χ1v) is 14.7. The highest BCUT2D eigenvalue weighted by molar-refractivity contribution is 6.22. The third kappa shape index (κ3) is 4.75. The predicted molar refractivity (Wildman–Crippen MR) is 181 cm³/mol. The molecule has 1 aromatic heterocycles. The molecule has 0 bridgehead atoms. The fraction of sp³-hybridized carbons (Fsp3) is 0. The van der Waals surface area contributed by atoms with Crippen LogP contribution in [-0.4, -0.2) is 0 Å². The minimum Gasteiger partial charge on any atom is -0.456 e. The molecule has 7 aromatic carbocycles. The van der Waals surface area contributed by atoms with Gasteiger partial charge in [-0.3, -0.25) is 0 Å². The minimum atomic E-state index is -0.287. The Morgan fingerprint density at radius 3 is 1.49 bits per heavy atom. The van der Waals surface area contributed by atoms with E-state index in [0.717, 1.165) is 66.8 Å². The second-order valence-electron chi connectivity index (χ2n) is 10.9. The van der Waals surface area contributed by atoms with Gasteiger partial charge in [-0.1, -0.05) is 60.7 Å². The normalized spacial score (nSPS) is 11.3. The van der Waals surface area contributed by atoms with Gasteiger partial charge in [-0.15, -0.1) is 0 Å². The summed E-state index contributed by atoms with van der Waals surface area (Å²) >= 11 is 0. The Kier molecular flexibility index (Phi) is 6.50. The molecule has 0 atom stereocenters. The fourth-order valence-corrected chi connectivity index (χ4v) is 6.14. The molecule has 0 aliphatic rings. The van der Waals surface area contributed by atoms with Gasteiger partial charge in [0.2, 0.25) is 0 Å². The molecule has 5 heteroatoms. The summed E-state index contributed by atoms with van der Waals surface area (Å²) in [7, 11) is 0. The van der Waals surface area contributed by atoms with Gasteiger partial charge in [0.05, 0.1) is 5.69 Å². The summed E-state index contributed by atoms with van der Waals surface area (Å²) in [5.41, 5.74) is 6.86. The molecular weight excluding hydrogens is 562 g/mol. The Hall–Kier alpha value is -5.94. The van der Waals surface area contributed by atoms with Gasteiger partial charge in [0.15, 0.2) is 0 Å². The van der Waals surface area contributed by atoms with Crippen LogP contribution in [0.3, 0.4) is 0 Å². The fourth-order valence-electron chi connectivity index (χ4n) is 6.14. The number of fused-ring (bicyclic) bond motifs is 5. The zero-order valence-electron chi connectivity index (χ0n) is 24.1. The third-order valence-electron chi connectivity index (χ3n) is 8.14. The molecule has 0 fully saturated rings. The van der Waals surface area contributed by atoms with Crippen molar-refractivity contribution in [2.24, 2.45) is 0 Å². The van der Waals surface area contributed by atoms with Gasteiger partial charge in [-0.2, -0.15) is 0 Å². The van der Waals surface area contributed by atoms with Crippen LogP contribution in [0.5, 0.6) is 0 Å². The lowest BCUT2D eigenvalue weighted by Crippen LogP contribution is -2.10. The number of rotatable bonds is 6. The highest BCUT2D eigenvalue weighted by Crippen LogP contribution is 2.45. The Labute approximate surface area is 258 Å². The minimum absolute atomic E-state index is 0.285. The summed E-state index contributed by atoms with van der Waals surface area (Å²) < 4.78 is 34.5. The van der Waals surface area contributed by atoms with Gasteiger partial charge in [-0.25, -0.2) is 8.78 Å². The van der Waals surface area contributed by atoms with E-state index in [1.54, 1.807) is 24.3 Å². The molecule has 0 aliphatic carbocycles. The number of anilines is 6. The van der Waals surface area contributed by atoms with Crippen molar-refractivity contribution < 1.29 is 13.2 Å². The number of benzene rings is 7. The first-order chi connectivity index (χ1) is 22.1. The topological polar surface area (TPSA) is 19.6 Å². The molecule has 0 unspecified atom stereocenters. The molecule has 0 radical (unpaired) electrons. The van der Waals surface area contributed by atoms with Gasteiger partial charge in [0.1, 0.15) is 22.8 Å². The molecule has 8 rings (SSSR count). The summed E-state index contributed by atoms with van der Waals surface area (Å²) in [6, 6.07) is 49.7. The Morgan fingerprint density at radius 2 is 0.867 bits per heavy atom. The van der Waals surface area contributed by atoms with Crippen molar-refractivity contribution in [3.8, 4) is 0 Å². The monoisotopic (exact) mass is 588 g/mol. The van der Waals surface area contributed by atoms with E-state index in [-0.39, 0.29) is 11.6 Å². The lowest BCUT2D eigenvalue weighted by atomic mass is 10.0. The molecule has 45 heavy (non-hydrogen) atoms. The zero-order chi connectivity index (χ0) is 30.3. The molecule has 0 amide bonds. The summed E-state index contributed by atoms with van der Waals surface area (Å²) in [5.74, 6) is -0.572. The Balaban J connectivity index is 1.35. The van der Waals surface area contributed by atoms with Crippen LogP contribution >= 0.6 is 0 Å². The van der Waals surface area contributed by atoms with Crippen molar-refractivity contribution in [1.29, 1.82) is 0 Å². The molecule has 216 valence electrons. The molecule has 0 saturated heterocycles. The highest BCUT2D eigenvalue weighted by Gasteiger charge is 2.21. The van der Waals surface area contributed by atoms with E-state index < -0.39 is 0 Å². The van der Waals surface area contributed by atoms with E-state index >= 15 is 0 Å². The van der Waals surface area contributed by atoms with E-state index in [0.29, 0.717) is 0 Å². The lowest BCUT2D eigenvalue weighted by Gasteiger charge is -2.27. The average molecular weight is 589 g/mol. The van der Waals surface area contributed by atoms with E-state index in [4.69, 9.17) is 4.42 Å². The standard InChI is InChI=1S/C40H26F2N2O/c41-27-15-19-31(20-16-27)43(29-9-3-1-4-10-29)33-23-24-36-38(25-33)45-39-26-37(34-13-7-8-14-35(34)40(36)39)44(30-11-5-2-6-12-30)32-21-17-28(42)18-22-32/h1-26H. The van der Waals surface area contributed by atoms with E-state index in [2.05, 4.69) is 40.1 Å². The summed E-state index contributed by atoms with van der Waals surface area (Å²) in [4.78, 5) is 4.22. The molecular formula is C40H26F2N2O. The van der Waals surface area contributed by atoms with Gasteiger partial charge in [0, 0.05) is 56.7 Å². The van der Waals surface area contributed by atoms with Crippen molar-refractivity contribution in [2.75, 3.05) is 9.80 Å². The maximum absolute atomic E-state index is 14.0.